The number of H-pyrrole nitrogens is 1. The van der Waals surface area contributed by atoms with Crippen molar-refractivity contribution in [1.29, 1.82) is 0 Å². The largest absolute Gasteiger partial charge is 0.378 e. The van der Waals surface area contributed by atoms with E-state index in [1.54, 1.807) is 0 Å². The Morgan fingerprint density at radius 2 is 2.10 bits per heavy atom. The van der Waals surface area contributed by atoms with E-state index in [9.17, 15) is 0 Å². The van der Waals surface area contributed by atoms with E-state index in [1.807, 2.05) is 35.4 Å². The Morgan fingerprint density at radius 3 is 2.81 bits per heavy atom. The lowest BCUT2D eigenvalue weighted by Gasteiger charge is -2.11. The number of aromatic nitrogens is 4. The molecule has 2 N–H and O–H groups in total. The lowest BCUT2D eigenvalue weighted by molar-refractivity contribution is 0.809. The van der Waals surface area contributed by atoms with E-state index in [4.69, 9.17) is 0 Å². The second-order valence-electron chi connectivity index (χ2n) is 5.02. The molecular formula is C16H19N5. The van der Waals surface area contributed by atoms with E-state index in [0.717, 1.165) is 29.9 Å². The molecular weight excluding hydrogens is 262 g/mol. The standard InChI is InChI=1S/C16H19N5/c1-3-15-14(17-8-13-9-18-19-10-13)11-20-21(15)16-7-5-4-6-12(16)2/h4-7,9-11,17H,3,8H2,1-2H3,(H,18,19). The highest BCUT2D eigenvalue weighted by Gasteiger charge is 2.11. The van der Waals surface area contributed by atoms with Gasteiger partial charge in [-0.25, -0.2) is 4.68 Å². The molecule has 21 heavy (non-hydrogen) atoms. The van der Waals surface area contributed by atoms with Crippen LogP contribution in [0.5, 0.6) is 0 Å². The maximum absolute atomic E-state index is 4.55. The van der Waals surface area contributed by atoms with Crippen molar-refractivity contribution >= 4 is 5.69 Å². The number of anilines is 1. The van der Waals surface area contributed by atoms with Gasteiger partial charge in [0.05, 0.1) is 29.5 Å². The average Bonchev–Trinajstić information content (AvgIpc) is 3.14. The molecule has 0 amide bonds. The Bertz CT molecular complexity index is 712. The van der Waals surface area contributed by atoms with Crippen LogP contribution in [0.2, 0.25) is 0 Å². The van der Waals surface area contributed by atoms with Crippen LogP contribution in [0.15, 0.2) is 42.9 Å². The molecule has 0 saturated carbocycles. The van der Waals surface area contributed by atoms with Crippen LogP contribution in [0.1, 0.15) is 23.7 Å². The van der Waals surface area contributed by atoms with Crippen LogP contribution >= 0.6 is 0 Å². The molecule has 108 valence electrons. The van der Waals surface area contributed by atoms with E-state index in [-0.39, 0.29) is 0 Å². The number of nitrogens with zero attached hydrogens (tertiary/aromatic N) is 3. The quantitative estimate of drug-likeness (QED) is 0.755. The third-order valence-electron chi connectivity index (χ3n) is 3.59. The fourth-order valence-electron chi connectivity index (χ4n) is 2.44. The molecule has 0 atom stereocenters. The average molecular weight is 281 g/mol. The topological polar surface area (TPSA) is 58.5 Å². The maximum Gasteiger partial charge on any atom is 0.0766 e. The normalized spacial score (nSPS) is 10.8. The minimum Gasteiger partial charge on any atom is -0.378 e. The summed E-state index contributed by atoms with van der Waals surface area (Å²) in [4.78, 5) is 0. The molecule has 0 spiro atoms. The summed E-state index contributed by atoms with van der Waals surface area (Å²) >= 11 is 0. The SMILES string of the molecule is CCc1c(NCc2cn[nH]c2)cnn1-c1ccccc1C. The number of rotatable bonds is 5. The summed E-state index contributed by atoms with van der Waals surface area (Å²) in [6.07, 6.45) is 6.53. The number of nitrogens with one attached hydrogen (secondary N) is 2. The number of para-hydroxylation sites is 1. The predicted molar refractivity (Wildman–Crippen MR) is 83.6 cm³/mol. The van der Waals surface area contributed by atoms with Gasteiger partial charge >= 0.3 is 0 Å². The van der Waals surface area contributed by atoms with E-state index < -0.39 is 0 Å². The van der Waals surface area contributed by atoms with Gasteiger partial charge in [-0.2, -0.15) is 10.2 Å². The van der Waals surface area contributed by atoms with Crippen LogP contribution in [0.4, 0.5) is 5.69 Å². The lowest BCUT2D eigenvalue weighted by atomic mass is 10.2. The molecule has 2 heterocycles. The molecule has 0 bridgehead atoms. The van der Waals surface area contributed by atoms with Gasteiger partial charge in [0, 0.05) is 18.3 Å². The van der Waals surface area contributed by atoms with Gasteiger partial charge in [-0.15, -0.1) is 0 Å². The van der Waals surface area contributed by atoms with Gasteiger partial charge in [-0.3, -0.25) is 5.10 Å². The van der Waals surface area contributed by atoms with Crippen molar-refractivity contribution in [3.05, 3.63) is 59.7 Å². The summed E-state index contributed by atoms with van der Waals surface area (Å²) in [6, 6.07) is 8.30. The predicted octanol–water partition coefficient (Wildman–Crippen LogP) is 3.08. The second-order valence-corrected chi connectivity index (χ2v) is 5.02. The van der Waals surface area contributed by atoms with Crippen molar-refractivity contribution in [2.45, 2.75) is 26.8 Å². The lowest BCUT2D eigenvalue weighted by Crippen LogP contribution is -2.05. The molecule has 5 nitrogen and oxygen atoms in total. The van der Waals surface area contributed by atoms with Crippen LogP contribution in [0.3, 0.4) is 0 Å². The minimum atomic E-state index is 0.739. The van der Waals surface area contributed by atoms with Gasteiger partial charge < -0.3 is 5.32 Å². The highest BCUT2D eigenvalue weighted by molar-refractivity contribution is 5.52. The summed E-state index contributed by atoms with van der Waals surface area (Å²) in [5.41, 5.74) is 5.73. The van der Waals surface area contributed by atoms with Gasteiger partial charge in [0.25, 0.3) is 0 Å². The Labute approximate surface area is 124 Å². The van der Waals surface area contributed by atoms with Crippen molar-refractivity contribution in [3.8, 4) is 5.69 Å². The molecule has 0 saturated heterocycles. The molecule has 0 aliphatic heterocycles. The molecule has 0 aliphatic carbocycles. The van der Waals surface area contributed by atoms with E-state index in [2.05, 4.69) is 46.6 Å². The van der Waals surface area contributed by atoms with Crippen molar-refractivity contribution in [2.75, 3.05) is 5.32 Å². The zero-order valence-electron chi connectivity index (χ0n) is 12.3. The number of benzene rings is 1. The van der Waals surface area contributed by atoms with Gasteiger partial charge in [0.15, 0.2) is 0 Å². The summed E-state index contributed by atoms with van der Waals surface area (Å²) in [5, 5.41) is 14.8. The summed E-state index contributed by atoms with van der Waals surface area (Å²) < 4.78 is 2.02. The van der Waals surface area contributed by atoms with Crippen molar-refractivity contribution < 1.29 is 0 Å². The van der Waals surface area contributed by atoms with Gasteiger partial charge in [-0.1, -0.05) is 25.1 Å². The van der Waals surface area contributed by atoms with Gasteiger partial charge in [-0.05, 0) is 25.0 Å². The van der Waals surface area contributed by atoms with E-state index in [1.165, 1.54) is 11.3 Å². The monoisotopic (exact) mass is 281 g/mol. The van der Waals surface area contributed by atoms with Crippen LogP contribution in [0.25, 0.3) is 5.69 Å². The van der Waals surface area contributed by atoms with Crippen molar-refractivity contribution in [1.82, 2.24) is 20.0 Å². The fraction of sp³-hybridized carbons (Fsp3) is 0.250. The van der Waals surface area contributed by atoms with Crippen LogP contribution in [-0.4, -0.2) is 20.0 Å². The highest BCUT2D eigenvalue weighted by atomic mass is 15.3. The Morgan fingerprint density at radius 1 is 1.24 bits per heavy atom. The van der Waals surface area contributed by atoms with Crippen LogP contribution in [-0.2, 0) is 13.0 Å². The number of aromatic amines is 1. The van der Waals surface area contributed by atoms with E-state index in [0.29, 0.717) is 0 Å². The van der Waals surface area contributed by atoms with Crippen LogP contribution in [0, 0.1) is 6.92 Å². The zero-order chi connectivity index (χ0) is 14.7. The molecule has 0 fully saturated rings. The Kier molecular flexibility index (Phi) is 3.73. The fourth-order valence-corrected chi connectivity index (χ4v) is 2.44. The molecule has 0 aliphatic rings. The van der Waals surface area contributed by atoms with Gasteiger partial charge in [0.2, 0.25) is 0 Å². The third-order valence-corrected chi connectivity index (χ3v) is 3.59. The first-order chi connectivity index (χ1) is 10.3. The number of hydrogen-bond acceptors (Lipinski definition) is 3. The van der Waals surface area contributed by atoms with Crippen molar-refractivity contribution in [3.63, 3.8) is 0 Å². The minimum absolute atomic E-state index is 0.739. The van der Waals surface area contributed by atoms with Crippen LogP contribution < -0.4 is 5.32 Å². The molecule has 5 heteroatoms. The Balaban J connectivity index is 1.88. The summed E-state index contributed by atoms with van der Waals surface area (Å²) in [5.74, 6) is 0. The number of hydrogen-bond donors (Lipinski definition) is 2. The molecule has 1 aromatic carbocycles. The first kappa shape index (κ1) is 13.4. The smallest absolute Gasteiger partial charge is 0.0766 e. The molecule has 0 unspecified atom stereocenters. The first-order valence-electron chi connectivity index (χ1n) is 7.14. The summed E-state index contributed by atoms with van der Waals surface area (Å²) in [7, 11) is 0. The van der Waals surface area contributed by atoms with E-state index >= 15 is 0 Å². The molecule has 0 radical (unpaired) electrons. The molecule has 3 aromatic rings. The van der Waals surface area contributed by atoms with Gasteiger partial charge in [0.1, 0.15) is 0 Å². The first-order valence-corrected chi connectivity index (χ1v) is 7.14. The third kappa shape index (κ3) is 2.67. The van der Waals surface area contributed by atoms with Crippen molar-refractivity contribution in [2.24, 2.45) is 0 Å². The highest BCUT2D eigenvalue weighted by Crippen LogP contribution is 2.22. The number of aryl methyl sites for hydroxylation is 1. The molecule has 2 aromatic heterocycles. The second kappa shape index (κ2) is 5.83. The maximum atomic E-state index is 4.55. The summed E-state index contributed by atoms with van der Waals surface area (Å²) in [6.45, 7) is 4.99. The Hall–Kier alpha value is -2.56. The molecule has 3 rings (SSSR count). The zero-order valence-corrected chi connectivity index (χ0v) is 12.3.